The minimum absolute atomic E-state index is 0.0525. The van der Waals surface area contributed by atoms with Crippen LogP contribution in [0.15, 0.2) is 30.3 Å². The Morgan fingerprint density at radius 2 is 1.95 bits per heavy atom. The van der Waals surface area contributed by atoms with E-state index in [1.54, 1.807) is 16.6 Å². The number of esters is 1. The molecule has 1 saturated carbocycles. The highest BCUT2D eigenvalue weighted by molar-refractivity contribution is 5.93. The number of aromatic nitrogens is 3. The lowest BCUT2D eigenvalue weighted by molar-refractivity contribution is -0.148. The molecule has 5 rings (SSSR count). The molecule has 0 unspecified atom stereocenters. The van der Waals surface area contributed by atoms with Crippen LogP contribution in [0.3, 0.4) is 0 Å². The van der Waals surface area contributed by atoms with Gasteiger partial charge in [-0.1, -0.05) is 19.8 Å². The van der Waals surface area contributed by atoms with E-state index in [0.29, 0.717) is 41.9 Å². The second-order valence-corrected chi connectivity index (χ2v) is 10.6. The van der Waals surface area contributed by atoms with Crippen molar-refractivity contribution < 1.29 is 18.7 Å². The van der Waals surface area contributed by atoms with E-state index in [1.165, 1.54) is 13.2 Å². The number of ether oxygens (including phenoxy) is 1. The molecule has 1 aliphatic carbocycles. The Bertz CT molecular complexity index is 1350. The highest BCUT2D eigenvalue weighted by atomic mass is 19.1. The average molecular weight is 522 g/mol. The van der Waals surface area contributed by atoms with Crippen LogP contribution >= 0.6 is 0 Å². The maximum atomic E-state index is 15.4. The second-order valence-electron chi connectivity index (χ2n) is 10.6. The van der Waals surface area contributed by atoms with Gasteiger partial charge in [-0.05, 0) is 63.3 Å². The van der Waals surface area contributed by atoms with Crippen LogP contribution in [0.4, 0.5) is 10.1 Å². The van der Waals surface area contributed by atoms with E-state index in [9.17, 15) is 9.59 Å². The van der Waals surface area contributed by atoms with Gasteiger partial charge < -0.3 is 14.5 Å². The molecule has 0 N–H and O–H groups in total. The third-order valence-electron chi connectivity index (χ3n) is 8.23. The molecule has 3 aromatic rings. The smallest absolute Gasteiger partial charge is 0.308 e. The fourth-order valence-corrected chi connectivity index (χ4v) is 5.66. The molecule has 0 spiro atoms. The molecule has 1 aliphatic heterocycles. The highest BCUT2D eigenvalue weighted by Crippen LogP contribution is 2.36. The zero-order valence-electron chi connectivity index (χ0n) is 22.6. The van der Waals surface area contributed by atoms with Crippen LogP contribution < -0.4 is 4.90 Å². The van der Waals surface area contributed by atoms with Gasteiger partial charge in [0, 0.05) is 48.7 Å². The number of rotatable bonds is 6. The monoisotopic (exact) mass is 521 g/mol. The van der Waals surface area contributed by atoms with Crippen LogP contribution in [-0.2, 0) is 16.0 Å². The standard InChI is InChI=1S/C29H36FN5O3/c1-5-20-16-26(28(36)34-12-8-6-7-9-18(34)2)31-27-17-25(32-35(20)27)23-11-10-21(15-24(23)30)33(3)22-13-19(14-22)29(37)38-4/h10-11,15-19,22H,5-9,12-14H2,1-4H3/t18-,19-,22+/m1/s1. The van der Waals surface area contributed by atoms with Crippen molar-refractivity contribution in [3.05, 3.63) is 47.5 Å². The minimum atomic E-state index is -0.380. The maximum Gasteiger partial charge on any atom is 0.308 e. The number of likely N-dealkylation sites (tertiary alicyclic amines) is 1. The fourth-order valence-electron chi connectivity index (χ4n) is 5.66. The summed E-state index contributed by atoms with van der Waals surface area (Å²) >= 11 is 0. The summed E-state index contributed by atoms with van der Waals surface area (Å²) in [7, 11) is 3.32. The predicted molar refractivity (Wildman–Crippen MR) is 144 cm³/mol. The number of carbonyl (C=O) groups is 2. The van der Waals surface area contributed by atoms with E-state index >= 15 is 4.39 Å². The molecule has 1 saturated heterocycles. The van der Waals surface area contributed by atoms with Crippen LogP contribution in [0.1, 0.15) is 68.6 Å². The molecular weight excluding hydrogens is 485 g/mol. The minimum Gasteiger partial charge on any atom is -0.469 e. The lowest BCUT2D eigenvalue weighted by Crippen LogP contribution is -2.45. The van der Waals surface area contributed by atoms with Crippen molar-refractivity contribution in [2.24, 2.45) is 5.92 Å². The first-order chi connectivity index (χ1) is 18.3. The van der Waals surface area contributed by atoms with Gasteiger partial charge in [-0.15, -0.1) is 0 Å². The van der Waals surface area contributed by atoms with Crippen LogP contribution in [0.5, 0.6) is 0 Å². The number of anilines is 1. The topological polar surface area (TPSA) is 80.0 Å². The Balaban J connectivity index is 1.40. The molecule has 1 amide bonds. The van der Waals surface area contributed by atoms with Gasteiger partial charge in [-0.25, -0.2) is 13.9 Å². The number of hydrogen-bond acceptors (Lipinski definition) is 6. The van der Waals surface area contributed by atoms with E-state index in [4.69, 9.17) is 4.74 Å². The predicted octanol–water partition coefficient (Wildman–Crippen LogP) is 4.89. The highest BCUT2D eigenvalue weighted by Gasteiger charge is 2.37. The number of benzene rings is 1. The van der Waals surface area contributed by atoms with Gasteiger partial charge in [0.1, 0.15) is 11.5 Å². The van der Waals surface area contributed by atoms with Gasteiger partial charge in [-0.2, -0.15) is 5.10 Å². The van der Waals surface area contributed by atoms with Crippen molar-refractivity contribution >= 4 is 23.2 Å². The molecule has 8 nitrogen and oxygen atoms in total. The molecule has 3 heterocycles. The summed E-state index contributed by atoms with van der Waals surface area (Å²) in [5.41, 5.74) is 3.40. The Morgan fingerprint density at radius 3 is 2.66 bits per heavy atom. The van der Waals surface area contributed by atoms with Gasteiger partial charge in [0.05, 0.1) is 18.7 Å². The molecule has 1 atom stereocenters. The molecule has 2 aromatic heterocycles. The largest absolute Gasteiger partial charge is 0.469 e. The molecule has 2 aliphatic rings. The van der Waals surface area contributed by atoms with Crippen molar-refractivity contribution in [1.29, 1.82) is 0 Å². The number of halogens is 1. The molecule has 38 heavy (non-hydrogen) atoms. The first-order valence-corrected chi connectivity index (χ1v) is 13.6. The second kappa shape index (κ2) is 10.7. The zero-order chi connectivity index (χ0) is 27.0. The number of fused-ring (bicyclic) bond motifs is 1. The molecule has 9 heteroatoms. The van der Waals surface area contributed by atoms with Gasteiger partial charge in [0.2, 0.25) is 0 Å². The normalized spacial score (nSPS) is 21.6. The Hall–Kier alpha value is -3.49. The van der Waals surface area contributed by atoms with Crippen LogP contribution in [0, 0.1) is 11.7 Å². The molecule has 1 aromatic carbocycles. The van der Waals surface area contributed by atoms with E-state index in [-0.39, 0.29) is 35.7 Å². The van der Waals surface area contributed by atoms with Gasteiger partial charge >= 0.3 is 5.97 Å². The van der Waals surface area contributed by atoms with Crippen molar-refractivity contribution in [3.63, 3.8) is 0 Å². The number of methoxy groups -OCH3 is 1. The molecule has 202 valence electrons. The Morgan fingerprint density at radius 1 is 1.16 bits per heavy atom. The summed E-state index contributed by atoms with van der Waals surface area (Å²) in [6.07, 6.45) is 6.34. The first kappa shape index (κ1) is 26.1. The van der Waals surface area contributed by atoms with Crippen molar-refractivity contribution in [2.75, 3.05) is 25.6 Å². The average Bonchev–Trinajstić information content (AvgIpc) is 3.20. The van der Waals surface area contributed by atoms with E-state index in [0.717, 1.165) is 43.6 Å². The molecular formula is C29H36FN5O3. The van der Waals surface area contributed by atoms with Crippen molar-refractivity contribution in [1.82, 2.24) is 19.5 Å². The summed E-state index contributed by atoms with van der Waals surface area (Å²) < 4.78 is 21.9. The van der Waals surface area contributed by atoms with Crippen LogP contribution in [0.25, 0.3) is 16.9 Å². The quantitative estimate of drug-likeness (QED) is 0.430. The lowest BCUT2D eigenvalue weighted by Gasteiger charge is -2.40. The fraction of sp³-hybridized carbons (Fsp3) is 0.517. The summed E-state index contributed by atoms with van der Waals surface area (Å²) in [6.45, 7) is 4.86. The first-order valence-electron chi connectivity index (χ1n) is 13.6. The number of nitrogens with zero attached hydrogens (tertiary/aromatic N) is 5. The summed E-state index contributed by atoms with van der Waals surface area (Å²) in [6, 6.07) is 9.03. The number of aryl methyl sites for hydroxylation is 1. The SMILES string of the molecule is CCc1cc(C(=O)N2CCCCC[C@H]2C)nc2cc(-c3ccc(N(C)[C@H]4C[C@@H](C(=O)OC)C4)cc3F)nn12. The number of hydrogen-bond donors (Lipinski definition) is 0. The molecule has 0 radical (unpaired) electrons. The number of amides is 1. The third-order valence-corrected chi connectivity index (χ3v) is 8.23. The van der Waals surface area contributed by atoms with E-state index in [1.807, 2.05) is 35.9 Å². The number of carbonyl (C=O) groups excluding carboxylic acids is 2. The van der Waals surface area contributed by atoms with Gasteiger partial charge in [0.15, 0.2) is 5.65 Å². The third kappa shape index (κ3) is 4.86. The van der Waals surface area contributed by atoms with Crippen molar-refractivity contribution in [3.8, 4) is 11.3 Å². The van der Waals surface area contributed by atoms with Crippen LogP contribution in [0.2, 0.25) is 0 Å². The molecule has 0 bridgehead atoms. The maximum absolute atomic E-state index is 15.4. The lowest BCUT2D eigenvalue weighted by atomic mass is 9.79. The van der Waals surface area contributed by atoms with Crippen molar-refractivity contribution in [2.45, 2.75) is 70.9 Å². The van der Waals surface area contributed by atoms with Gasteiger partial charge in [-0.3, -0.25) is 9.59 Å². The van der Waals surface area contributed by atoms with Crippen LogP contribution in [-0.4, -0.2) is 64.2 Å². The molecule has 2 fully saturated rings. The Kier molecular flexibility index (Phi) is 7.36. The zero-order valence-corrected chi connectivity index (χ0v) is 22.6. The van der Waals surface area contributed by atoms with E-state index in [2.05, 4.69) is 17.0 Å². The van der Waals surface area contributed by atoms with Gasteiger partial charge in [0.25, 0.3) is 5.91 Å². The summed E-state index contributed by atoms with van der Waals surface area (Å²) in [4.78, 5) is 33.7. The summed E-state index contributed by atoms with van der Waals surface area (Å²) in [5, 5.41) is 4.66. The Labute approximate surface area is 222 Å². The van der Waals surface area contributed by atoms with E-state index < -0.39 is 0 Å². The summed E-state index contributed by atoms with van der Waals surface area (Å²) in [5.74, 6) is -0.708.